The van der Waals surface area contributed by atoms with Crippen molar-refractivity contribution in [3.8, 4) is 0 Å². The molecule has 2 unspecified atom stereocenters. The molecule has 6 nitrogen and oxygen atoms in total. The third-order valence-corrected chi connectivity index (χ3v) is 7.36. The highest BCUT2D eigenvalue weighted by atomic mass is 32.2. The Kier molecular flexibility index (Phi) is 4.41. The number of amides is 1. The normalized spacial score (nSPS) is 35.2. The second kappa shape index (κ2) is 5.88. The summed E-state index contributed by atoms with van der Waals surface area (Å²) in [6.07, 6.45) is -1.13. The molecule has 0 aromatic carbocycles. The second-order valence-corrected chi connectivity index (χ2v) is 9.66. The Labute approximate surface area is 141 Å². The van der Waals surface area contributed by atoms with E-state index in [0.29, 0.717) is 0 Å². The van der Waals surface area contributed by atoms with Gasteiger partial charge in [-0.15, -0.1) is 0 Å². The Hall–Kier alpha value is -0.800. The fourth-order valence-electron chi connectivity index (χ4n) is 3.86. The summed E-state index contributed by atoms with van der Waals surface area (Å²) >= 11 is 0. The number of morpholine rings is 1. The van der Waals surface area contributed by atoms with Gasteiger partial charge < -0.3 is 9.64 Å². The van der Waals surface area contributed by atoms with E-state index in [2.05, 4.69) is 0 Å². The minimum Gasteiger partial charge on any atom is -0.376 e. The van der Waals surface area contributed by atoms with E-state index in [1.54, 1.807) is 0 Å². The fraction of sp³-hybridized carbons (Fsp3) is 0.933. The maximum atomic E-state index is 13.9. The lowest BCUT2D eigenvalue weighted by Gasteiger charge is -2.49. The summed E-state index contributed by atoms with van der Waals surface area (Å²) in [5.41, 5.74) is -0.532. The predicted octanol–water partition coefficient (Wildman–Crippen LogP) is 1.28. The van der Waals surface area contributed by atoms with Crippen molar-refractivity contribution in [2.24, 2.45) is 11.3 Å². The average Bonchev–Trinajstić information content (AvgIpc) is 2.50. The zero-order valence-electron chi connectivity index (χ0n) is 14.0. The molecule has 1 saturated carbocycles. The molecule has 0 radical (unpaired) electrons. The molecule has 0 N–H and O–H groups in total. The van der Waals surface area contributed by atoms with Gasteiger partial charge in [0.1, 0.15) is 6.17 Å². The topological polar surface area (TPSA) is 66.9 Å². The molecule has 24 heavy (non-hydrogen) atoms. The molecule has 0 bridgehead atoms. The lowest BCUT2D eigenvalue weighted by atomic mass is 9.67. The maximum absolute atomic E-state index is 13.9. The number of nitrogens with zero attached hydrogens (tertiary/aromatic N) is 2. The van der Waals surface area contributed by atoms with E-state index in [1.165, 1.54) is 9.21 Å². The molecule has 0 aromatic rings. The summed E-state index contributed by atoms with van der Waals surface area (Å²) in [6.45, 7) is 4.27. The van der Waals surface area contributed by atoms with Crippen LogP contribution in [0, 0.1) is 11.3 Å². The van der Waals surface area contributed by atoms with Crippen LogP contribution in [0.4, 0.5) is 8.78 Å². The molecule has 2 saturated heterocycles. The third-order valence-electron chi connectivity index (χ3n) is 5.52. The van der Waals surface area contributed by atoms with Crippen LogP contribution in [-0.4, -0.2) is 67.7 Å². The van der Waals surface area contributed by atoms with E-state index in [1.807, 2.05) is 13.8 Å². The van der Waals surface area contributed by atoms with Gasteiger partial charge in [0.25, 0.3) is 0 Å². The molecular formula is C15H24F2N2O4S. The summed E-state index contributed by atoms with van der Waals surface area (Å²) in [4.78, 5) is 14.5. The zero-order valence-corrected chi connectivity index (χ0v) is 14.8. The van der Waals surface area contributed by atoms with Crippen molar-refractivity contribution in [1.82, 2.24) is 9.21 Å². The quantitative estimate of drug-likeness (QED) is 0.701. The van der Waals surface area contributed by atoms with Crippen LogP contribution >= 0.6 is 0 Å². The highest BCUT2D eigenvalue weighted by Gasteiger charge is 2.52. The number of alkyl halides is 2. The van der Waals surface area contributed by atoms with E-state index >= 15 is 0 Å². The molecule has 1 amide bonds. The van der Waals surface area contributed by atoms with Crippen LogP contribution in [0.1, 0.15) is 33.1 Å². The lowest BCUT2D eigenvalue weighted by Crippen LogP contribution is -2.65. The van der Waals surface area contributed by atoms with Gasteiger partial charge >= 0.3 is 0 Å². The molecule has 0 aromatic heterocycles. The van der Waals surface area contributed by atoms with Crippen LogP contribution in [0.25, 0.3) is 0 Å². The van der Waals surface area contributed by atoms with Crippen LogP contribution in [0.5, 0.6) is 0 Å². The van der Waals surface area contributed by atoms with Gasteiger partial charge in [-0.2, -0.15) is 4.31 Å². The molecular weight excluding hydrogens is 342 g/mol. The first-order valence-corrected chi connectivity index (χ1v) is 9.90. The monoisotopic (exact) mass is 366 g/mol. The molecule has 3 rings (SSSR count). The highest BCUT2D eigenvalue weighted by Crippen LogP contribution is 2.48. The molecule has 9 heteroatoms. The number of fused-ring (bicyclic) bond motifs is 1. The number of hydrogen-bond acceptors (Lipinski definition) is 4. The predicted molar refractivity (Wildman–Crippen MR) is 82.9 cm³/mol. The molecule has 2 aliphatic heterocycles. The Morgan fingerprint density at radius 1 is 1.21 bits per heavy atom. The number of hydrogen-bond donors (Lipinski definition) is 0. The van der Waals surface area contributed by atoms with Crippen molar-refractivity contribution in [1.29, 1.82) is 0 Å². The first-order valence-electron chi connectivity index (χ1n) is 8.29. The molecule has 3 aliphatic rings. The number of rotatable bonds is 1. The summed E-state index contributed by atoms with van der Waals surface area (Å²) in [6, 6.07) is 0. The molecule has 2 atom stereocenters. The standard InChI is InChI=1S/C15H24F2N2O4S/c1-14(2)3-4-15(16,17)9-11(14)13(20)18-6-8-24(21,22)19-5-7-23-10-12(18)19/h11-12H,3-10H2,1-2H3. The van der Waals surface area contributed by atoms with Crippen molar-refractivity contribution >= 4 is 15.9 Å². The number of halogens is 2. The zero-order chi connectivity index (χ0) is 17.8. The van der Waals surface area contributed by atoms with E-state index in [9.17, 15) is 22.0 Å². The smallest absolute Gasteiger partial charge is 0.249 e. The van der Waals surface area contributed by atoms with Crippen molar-refractivity contribution in [2.75, 3.05) is 32.1 Å². The van der Waals surface area contributed by atoms with Crippen LogP contribution in [0.3, 0.4) is 0 Å². The van der Waals surface area contributed by atoms with E-state index in [4.69, 9.17) is 4.74 Å². The third kappa shape index (κ3) is 3.17. The molecule has 138 valence electrons. The number of ether oxygens (including phenoxy) is 1. The SMILES string of the molecule is CC1(C)CCC(F)(F)CC1C(=O)N1CCS(=O)(=O)N2CCOCC12. The number of carbonyl (C=O) groups is 1. The number of carbonyl (C=O) groups excluding carboxylic acids is 1. The first-order chi connectivity index (χ1) is 11.0. The summed E-state index contributed by atoms with van der Waals surface area (Å²) in [5, 5.41) is 0. The molecule has 2 heterocycles. The van der Waals surface area contributed by atoms with Gasteiger partial charge in [0, 0.05) is 31.8 Å². The van der Waals surface area contributed by atoms with Crippen LogP contribution in [-0.2, 0) is 19.6 Å². The molecule has 3 fully saturated rings. The fourth-order valence-corrected chi connectivity index (χ4v) is 5.42. The lowest BCUT2D eigenvalue weighted by molar-refractivity contribution is -0.162. The van der Waals surface area contributed by atoms with Crippen LogP contribution in [0.15, 0.2) is 0 Å². The molecule has 1 aliphatic carbocycles. The van der Waals surface area contributed by atoms with Gasteiger partial charge in [0.2, 0.25) is 21.9 Å². The van der Waals surface area contributed by atoms with Crippen LogP contribution < -0.4 is 0 Å². The first kappa shape index (κ1) is 18.0. The Balaban J connectivity index is 1.86. The Bertz CT molecular complexity index is 623. The van der Waals surface area contributed by atoms with E-state index < -0.39 is 39.9 Å². The van der Waals surface area contributed by atoms with Gasteiger partial charge in [0.05, 0.1) is 19.0 Å². The summed E-state index contributed by atoms with van der Waals surface area (Å²) in [7, 11) is -3.42. The van der Waals surface area contributed by atoms with Gasteiger partial charge in [-0.3, -0.25) is 4.79 Å². The van der Waals surface area contributed by atoms with Crippen molar-refractivity contribution in [3.63, 3.8) is 0 Å². The average molecular weight is 366 g/mol. The van der Waals surface area contributed by atoms with Crippen LogP contribution in [0.2, 0.25) is 0 Å². The minimum absolute atomic E-state index is 0.0316. The largest absolute Gasteiger partial charge is 0.376 e. The summed E-state index contributed by atoms with van der Waals surface area (Å²) < 4.78 is 58.8. The summed E-state index contributed by atoms with van der Waals surface area (Å²) in [5.74, 6) is -4.21. The number of sulfonamides is 1. The van der Waals surface area contributed by atoms with Crippen molar-refractivity contribution < 1.29 is 26.7 Å². The van der Waals surface area contributed by atoms with Crippen molar-refractivity contribution in [2.45, 2.75) is 45.2 Å². The Morgan fingerprint density at radius 3 is 2.62 bits per heavy atom. The van der Waals surface area contributed by atoms with Gasteiger partial charge in [-0.05, 0) is 11.8 Å². The van der Waals surface area contributed by atoms with Gasteiger partial charge in [-0.25, -0.2) is 17.2 Å². The Morgan fingerprint density at radius 2 is 1.92 bits per heavy atom. The second-order valence-electron chi connectivity index (χ2n) is 7.62. The van der Waals surface area contributed by atoms with Gasteiger partial charge in [0.15, 0.2) is 0 Å². The highest BCUT2D eigenvalue weighted by molar-refractivity contribution is 7.89. The van der Waals surface area contributed by atoms with Crippen molar-refractivity contribution in [3.05, 3.63) is 0 Å². The van der Waals surface area contributed by atoms with E-state index in [0.717, 1.165) is 0 Å². The van der Waals surface area contributed by atoms with E-state index in [-0.39, 0.29) is 50.8 Å². The maximum Gasteiger partial charge on any atom is 0.249 e. The molecule has 0 spiro atoms. The minimum atomic E-state index is -3.42. The van der Waals surface area contributed by atoms with Gasteiger partial charge in [-0.1, -0.05) is 13.8 Å².